The molecule has 0 spiro atoms. The molecule has 0 saturated carbocycles. The molecule has 0 aliphatic carbocycles. The fourth-order valence-corrected chi connectivity index (χ4v) is 2.76. The molecule has 0 unspecified atom stereocenters. The summed E-state index contributed by atoms with van der Waals surface area (Å²) in [5.41, 5.74) is 8.12. The molecule has 0 amide bonds. The van der Waals surface area contributed by atoms with E-state index in [1.807, 2.05) is 24.5 Å². The molecule has 3 heteroatoms. The van der Waals surface area contributed by atoms with Crippen LogP contribution < -0.4 is 5.73 Å². The minimum absolute atomic E-state index is 0.00209. The van der Waals surface area contributed by atoms with Gasteiger partial charge in [-0.15, -0.1) is 0 Å². The zero-order valence-electron chi connectivity index (χ0n) is 10.9. The van der Waals surface area contributed by atoms with Crippen molar-refractivity contribution in [3.8, 4) is 0 Å². The number of para-hydroxylation sites is 1. The van der Waals surface area contributed by atoms with Crippen LogP contribution in [0.3, 0.4) is 0 Å². The first-order valence-corrected chi connectivity index (χ1v) is 6.35. The predicted molar refractivity (Wildman–Crippen MR) is 71.5 cm³/mol. The number of furan rings is 1. The average molecular weight is 245 g/mol. The molecule has 2 N–H and O–H groups in total. The van der Waals surface area contributed by atoms with Crippen molar-refractivity contribution in [2.24, 2.45) is 11.1 Å². The average Bonchev–Trinajstić information content (AvgIpc) is 2.72. The molecule has 18 heavy (non-hydrogen) atoms. The van der Waals surface area contributed by atoms with E-state index < -0.39 is 0 Å². The Morgan fingerprint density at radius 1 is 1.28 bits per heavy atom. The largest absolute Gasteiger partial charge is 0.464 e. The summed E-state index contributed by atoms with van der Waals surface area (Å²) >= 11 is 0. The minimum atomic E-state index is -0.0195. The molecule has 2 heterocycles. The molecule has 1 aliphatic rings. The van der Waals surface area contributed by atoms with Crippen molar-refractivity contribution >= 4 is 11.0 Å². The first-order valence-electron chi connectivity index (χ1n) is 6.35. The molecule has 1 aromatic carbocycles. The molecule has 0 bridgehead atoms. The van der Waals surface area contributed by atoms with Crippen LogP contribution in [0.1, 0.15) is 19.4 Å². The monoisotopic (exact) mass is 245 g/mol. The maximum atomic E-state index is 5.97. The third kappa shape index (κ3) is 1.38. The van der Waals surface area contributed by atoms with Gasteiger partial charge in [0.2, 0.25) is 0 Å². The highest BCUT2D eigenvalue weighted by molar-refractivity contribution is 5.82. The molecule has 96 valence electrons. The van der Waals surface area contributed by atoms with Crippen LogP contribution in [-0.2, 0) is 10.2 Å². The van der Waals surface area contributed by atoms with Crippen molar-refractivity contribution in [2.45, 2.75) is 19.3 Å². The standard InChI is InChI=1S/C15H19NO2/c1-14(2,8-16)15(9-17-10-15)12-7-18-13-6-4-3-5-11(12)13/h3-7H,8-10,16H2,1-2H3. The van der Waals surface area contributed by atoms with Crippen molar-refractivity contribution < 1.29 is 9.15 Å². The van der Waals surface area contributed by atoms with Crippen LogP contribution in [0.25, 0.3) is 11.0 Å². The van der Waals surface area contributed by atoms with Gasteiger partial charge < -0.3 is 14.9 Å². The number of fused-ring (bicyclic) bond motifs is 1. The normalized spacial score (nSPS) is 18.8. The van der Waals surface area contributed by atoms with Gasteiger partial charge in [-0.05, 0) is 18.0 Å². The lowest BCUT2D eigenvalue weighted by Crippen LogP contribution is -2.59. The summed E-state index contributed by atoms with van der Waals surface area (Å²) in [6.45, 7) is 6.49. The summed E-state index contributed by atoms with van der Waals surface area (Å²) in [5.74, 6) is 0. The highest BCUT2D eigenvalue weighted by Gasteiger charge is 2.52. The van der Waals surface area contributed by atoms with Crippen LogP contribution in [0.4, 0.5) is 0 Å². The Bertz CT molecular complexity index is 567. The van der Waals surface area contributed by atoms with E-state index in [-0.39, 0.29) is 10.8 Å². The lowest BCUT2D eigenvalue weighted by molar-refractivity contribution is -0.116. The molecule has 2 aromatic rings. The molecule has 1 aliphatic heterocycles. The van der Waals surface area contributed by atoms with E-state index in [0.29, 0.717) is 6.54 Å². The van der Waals surface area contributed by atoms with E-state index in [0.717, 1.165) is 18.8 Å². The van der Waals surface area contributed by atoms with Gasteiger partial charge >= 0.3 is 0 Å². The zero-order chi connectivity index (χ0) is 12.8. The van der Waals surface area contributed by atoms with Gasteiger partial charge in [0.15, 0.2) is 0 Å². The summed E-state index contributed by atoms with van der Waals surface area (Å²) in [6, 6.07) is 8.15. The Morgan fingerprint density at radius 3 is 2.61 bits per heavy atom. The summed E-state index contributed by atoms with van der Waals surface area (Å²) in [4.78, 5) is 0. The van der Waals surface area contributed by atoms with Crippen molar-refractivity contribution in [2.75, 3.05) is 19.8 Å². The molecule has 3 nitrogen and oxygen atoms in total. The van der Waals surface area contributed by atoms with Gasteiger partial charge in [0.05, 0.1) is 24.9 Å². The maximum absolute atomic E-state index is 5.97. The molecular weight excluding hydrogens is 226 g/mol. The van der Waals surface area contributed by atoms with Crippen molar-refractivity contribution in [1.29, 1.82) is 0 Å². The van der Waals surface area contributed by atoms with E-state index in [1.54, 1.807) is 0 Å². The Labute approximate surface area is 107 Å². The first-order chi connectivity index (χ1) is 8.61. The second-order valence-corrected chi connectivity index (χ2v) is 5.81. The smallest absolute Gasteiger partial charge is 0.134 e. The third-order valence-corrected chi connectivity index (χ3v) is 4.50. The molecule has 1 aromatic heterocycles. The van der Waals surface area contributed by atoms with Crippen molar-refractivity contribution in [3.05, 3.63) is 36.1 Å². The van der Waals surface area contributed by atoms with Gasteiger partial charge in [-0.2, -0.15) is 0 Å². The van der Waals surface area contributed by atoms with Crippen molar-refractivity contribution in [3.63, 3.8) is 0 Å². The molecule has 1 fully saturated rings. The molecule has 0 atom stereocenters. The highest BCUT2D eigenvalue weighted by Crippen LogP contribution is 2.49. The van der Waals surface area contributed by atoms with Crippen molar-refractivity contribution in [1.82, 2.24) is 0 Å². The lowest BCUT2D eigenvalue weighted by atomic mass is 9.60. The second-order valence-electron chi connectivity index (χ2n) is 5.81. The van der Waals surface area contributed by atoms with Crippen LogP contribution in [0.5, 0.6) is 0 Å². The SMILES string of the molecule is CC(C)(CN)C1(c2coc3ccccc23)COC1. The van der Waals surface area contributed by atoms with Crippen LogP contribution >= 0.6 is 0 Å². The Balaban J connectivity index is 2.18. The van der Waals surface area contributed by atoms with Gasteiger partial charge in [-0.25, -0.2) is 0 Å². The third-order valence-electron chi connectivity index (χ3n) is 4.50. The van der Waals surface area contributed by atoms with Crippen LogP contribution in [0.2, 0.25) is 0 Å². The summed E-state index contributed by atoms with van der Waals surface area (Å²) in [6.07, 6.45) is 1.88. The van der Waals surface area contributed by atoms with E-state index in [4.69, 9.17) is 14.9 Å². The number of benzene rings is 1. The Hall–Kier alpha value is -1.32. The van der Waals surface area contributed by atoms with E-state index in [2.05, 4.69) is 19.9 Å². The molecular formula is C15H19NO2. The molecule has 0 radical (unpaired) electrons. The highest BCUT2D eigenvalue weighted by atomic mass is 16.5. The van der Waals surface area contributed by atoms with Crippen LogP contribution in [-0.4, -0.2) is 19.8 Å². The predicted octanol–water partition coefficient (Wildman–Crippen LogP) is 2.69. The Kier molecular flexibility index (Phi) is 2.50. The molecule has 1 saturated heterocycles. The van der Waals surface area contributed by atoms with Gasteiger partial charge in [0.25, 0.3) is 0 Å². The van der Waals surface area contributed by atoms with Gasteiger partial charge in [0.1, 0.15) is 5.58 Å². The van der Waals surface area contributed by atoms with Gasteiger partial charge in [-0.3, -0.25) is 0 Å². The fraction of sp³-hybridized carbons (Fsp3) is 0.467. The quantitative estimate of drug-likeness (QED) is 0.904. The van der Waals surface area contributed by atoms with Gasteiger partial charge in [-0.1, -0.05) is 32.0 Å². The summed E-state index contributed by atoms with van der Waals surface area (Å²) < 4.78 is 11.2. The number of hydrogen-bond donors (Lipinski definition) is 1. The second kappa shape index (κ2) is 3.84. The number of hydrogen-bond acceptors (Lipinski definition) is 3. The summed E-state index contributed by atoms with van der Waals surface area (Å²) in [5, 5.41) is 1.18. The van der Waals surface area contributed by atoms with E-state index >= 15 is 0 Å². The molecule has 3 rings (SSSR count). The van der Waals surface area contributed by atoms with Crippen LogP contribution in [0.15, 0.2) is 34.9 Å². The minimum Gasteiger partial charge on any atom is -0.464 e. The zero-order valence-corrected chi connectivity index (χ0v) is 10.9. The fourth-order valence-electron chi connectivity index (χ4n) is 2.76. The Morgan fingerprint density at radius 2 is 2.00 bits per heavy atom. The van der Waals surface area contributed by atoms with E-state index in [9.17, 15) is 0 Å². The number of ether oxygens (including phenoxy) is 1. The summed E-state index contributed by atoms with van der Waals surface area (Å²) in [7, 11) is 0. The topological polar surface area (TPSA) is 48.4 Å². The van der Waals surface area contributed by atoms with Gasteiger partial charge in [0, 0.05) is 10.9 Å². The van der Waals surface area contributed by atoms with E-state index in [1.165, 1.54) is 10.9 Å². The number of nitrogens with two attached hydrogens (primary N) is 1. The van der Waals surface area contributed by atoms with Crippen LogP contribution in [0, 0.1) is 5.41 Å². The first kappa shape index (κ1) is 11.8. The maximum Gasteiger partial charge on any atom is 0.134 e. The lowest BCUT2D eigenvalue weighted by Gasteiger charge is -2.52. The number of rotatable bonds is 3.